The third-order valence-corrected chi connectivity index (χ3v) is 3.29. The smallest absolute Gasteiger partial charge is 0.227 e. The van der Waals surface area contributed by atoms with Gasteiger partial charge in [0.2, 0.25) is 5.91 Å². The third-order valence-electron chi connectivity index (χ3n) is 2.88. The van der Waals surface area contributed by atoms with Crippen molar-refractivity contribution in [3.8, 4) is 5.75 Å². The minimum Gasteiger partial charge on any atom is -0.493 e. The fourth-order valence-corrected chi connectivity index (χ4v) is 1.91. The molecule has 2 aromatic carbocycles. The monoisotopic (exact) mass is 289 g/mol. The van der Waals surface area contributed by atoms with Crippen molar-refractivity contribution in [3.05, 3.63) is 59.1 Å². The number of carbonyl (C=O) groups excluding carboxylic acids is 1. The van der Waals surface area contributed by atoms with E-state index in [4.69, 9.17) is 16.3 Å². The number of nitrogens with one attached hydrogen (secondary N) is 1. The normalized spacial score (nSPS) is 10.1. The van der Waals surface area contributed by atoms with Crippen LogP contribution in [-0.4, -0.2) is 12.5 Å². The lowest BCUT2D eigenvalue weighted by Gasteiger charge is -2.10. The molecule has 4 heteroatoms. The number of benzene rings is 2. The Bertz CT molecular complexity index is 584. The molecule has 0 aliphatic heterocycles. The Hall–Kier alpha value is -2.00. The average molecular weight is 290 g/mol. The lowest BCUT2D eigenvalue weighted by Crippen LogP contribution is -2.15. The van der Waals surface area contributed by atoms with Gasteiger partial charge in [-0.25, -0.2) is 0 Å². The molecule has 0 radical (unpaired) electrons. The first kappa shape index (κ1) is 14.4. The summed E-state index contributed by atoms with van der Waals surface area (Å²) in [5, 5.41) is 3.48. The van der Waals surface area contributed by atoms with Crippen LogP contribution in [0.15, 0.2) is 48.5 Å². The number of hydrogen-bond acceptors (Lipinski definition) is 2. The minimum absolute atomic E-state index is 0.0914. The van der Waals surface area contributed by atoms with Gasteiger partial charge in [-0.05, 0) is 36.8 Å². The van der Waals surface area contributed by atoms with Gasteiger partial charge in [-0.1, -0.05) is 35.9 Å². The van der Waals surface area contributed by atoms with Gasteiger partial charge in [0.25, 0.3) is 0 Å². The van der Waals surface area contributed by atoms with Crippen LogP contribution >= 0.6 is 11.6 Å². The molecule has 0 saturated heterocycles. The van der Waals surface area contributed by atoms with Crippen LogP contribution < -0.4 is 10.1 Å². The summed E-state index contributed by atoms with van der Waals surface area (Å²) in [6.45, 7) is 2.22. The molecule has 0 heterocycles. The van der Waals surface area contributed by atoms with Crippen molar-refractivity contribution < 1.29 is 9.53 Å². The van der Waals surface area contributed by atoms with E-state index in [1.54, 1.807) is 6.07 Å². The maximum absolute atomic E-state index is 11.8. The van der Waals surface area contributed by atoms with E-state index >= 15 is 0 Å². The van der Waals surface area contributed by atoms with E-state index < -0.39 is 0 Å². The first-order chi connectivity index (χ1) is 9.66. The highest BCUT2D eigenvalue weighted by molar-refractivity contribution is 6.31. The van der Waals surface area contributed by atoms with Crippen molar-refractivity contribution >= 4 is 23.2 Å². The fraction of sp³-hybridized carbons (Fsp3) is 0.188. The van der Waals surface area contributed by atoms with Crippen molar-refractivity contribution in [2.75, 3.05) is 11.9 Å². The maximum atomic E-state index is 11.8. The molecule has 0 bridgehead atoms. The van der Waals surface area contributed by atoms with Crippen molar-refractivity contribution in [1.29, 1.82) is 0 Å². The summed E-state index contributed by atoms with van der Waals surface area (Å²) in [5.41, 5.74) is 1.61. The van der Waals surface area contributed by atoms with Crippen molar-refractivity contribution in [2.45, 2.75) is 13.3 Å². The quantitative estimate of drug-likeness (QED) is 0.901. The second-order valence-electron chi connectivity index (χ2n) is 4.37. The van der Waals surface area contributed by atoms with E-state index in [0.717, 1.165) is 17.0 Å². The van der Waals surface area contributed by atoms with Crippen molar-refractivity contribution in [3.63, 3.8) is 0 Å². The molecule has 0 unspecified atom stereocenters. The summed E-state index contributed by atoms with van der Waals surface area (Å²) in [6.07, 6.45) is 0.293. The molecule has 1 N–H and O–H groups in total. The molecule has 0 aliphatic carbocycles. The molecule has 0 saturated carbocycles. The largest absolute Gasteiger partial charge is 0.493 e. The predicted octanol–water partition coefficient (Wildman–Crippen LogP) is 4.06. The first-order valence-electron chi connectivity index (χ1n) is 6.39. The molecule has 1 amide bonds. The van der Waals surface area contributed by atoms with Gasteiger partial charge in [0.15, 0.2) is 0 Å². The molecule has 3 nitrogen and oxygen atoms in total. The van der Waals surface area contributed by atoms with E-state index in [2.05, 4.69) is 5.32 Å². The van der Waals surface area contributed by atoms with Gasteiger partial charge < -0.3 is 10.1 Å². The molecule has 2 rings (SSSR count). The Morgan fingerprint density at radius 3 is 2.65 bits per heavy atom. The van der Waals surface area contributed by atoms with Crippen LogP contribution in [0.1, 0.15) is 12.0 Å². The number of amides is 1. The lowest BCUT2D eigenvalue weighted by atomic mass is 10.2. The summed E-state index contributed by atoms with van der Waals surface area (Å²) < 4.78 is 5.48. The summed E-state index contributed by atoms with van der Waals surface area (Å²) in [6, 6.07) is 14.9. The van der Waals surface area contributed by atoms with Crippen molar-refractivity contribution in [2.24, 2.45) is 0 Å². The highest BCUT2D eigenvalue weighted by Gasteiger charge is 2.06. The zero-order valence-electron chi connectivity index (χ0n) is 11.2. The zero-order valence-corrected chi connectivity index (χ0v) is 12.0. The lowest BCUT2D eigenvalue weighted by molar-refractivity contribution is -0.116. The van der Waals surface area contributed by atoms with Crippen LogP contribution in [0.5, 0.6) is 5.75 Å². The van der Waals surface area contributed by atoms with Gasteiger partial charge in [0.05, 0.1) is 13.0 Å². The standard InChI is InChI=1S/C16H16ClNO2/c1-12-14(17)8-5-9-15(12)18-16(19)10-11-20-13-6-3-2-4-7-13/h2-9H,10-11H2,1H3,(H,18,19). The number of halogens is 1. The van der Waals surface area contributed by atoms with E-state index in [0.29, 0.717) is 18.1 Å². The predicted molar refractivity (Wildman–Crippen MR) is 81.4 cm³/mol. The van der Waals surface area contributed by atoms with Crippen LogP contribution in [-0.2, 0) is 4.79 Å². The summed E-state index contributed by atoms with van der Waals surface area (Å²) >= 11 is 6.01. The highest BCUT2D eigenvalue weighted by atomic mass is 35.5. The second kappa shape index (κ2) is 6.96. The van der Waals surface area contributed by atoms with Crippen LogP contribution in [0.25, 0.3) is 0 Å². The Morgan fingerprint density at radius 2 is 1.90 bits per heavy atom. The van der Waals surface area contributed by atoms with Gasteiger partial charge >= 0.3 is 0 Å². The van der Waals surface area contributed by atoms with Crippen LogP contribution in [0.2, 0.25) is 5.02 Å². The van der Waals surface area contributed by atoms with Gasteiger partial charge in [0, 0.05) is 10.7 Å². The number of ether oxygens (including phenoxy) is 1. The summed E-state index contributed by atoms with van der Waals surface area (Å²) in [7, 11) is 0. The molecule has 0 aromatic heterocycles. The number of anilines is 1. The third kappa shape index (κ3) is 4.00. The highest BCUT2D eigenvalue weighted by Crippen LogP contribution is 2.22. The van der Waals surface area contributed by atoms with Crippen molar-refractivity contribution in [1.82, 2.24) is 0 Å². The SMILES string of the molecule is Cc1c(Cl)cccc1NC(=O)CCOc1ccccc1. The van der Waals surface area contributed by atoms with E-state index in [9.17, 15) is 4.79 Å². The molecule has 20 heavy (non-hydrogen) atoms. The summed E-state index contributed by atoms with van der Waals surface area (Å²) in [4.78, 5) is 11.8. The van der Waals surface area contributed by atoms with E-state index in [1.165, 1.54) is 0 Å². The minimum atomic E-state index is -0.0914. The van der Waals surface area contributed by atoms with Gasteiger partial charge in [0.1, 0.15) is 5.75 Å². The van der Waals surface area contributed by atoms with E-state index in [-0.39, 0.29) is 5.91 Å². The fourth-order valence-electron chi connectivity index (χ4n) is 1.73. The van der Waals surface area contributed by atoms with E-state index in [1.807, 2.05) is 49.4 Å². The Morgan fingerprint density at radius 1 is 1.15 bits per heavy atom. The van der Waals surface area contributed by atoms with Gasteiger partial charge in [-0.3, -0.25) is 4.79 Å². The summed E-state index contributed by atoms with van der Waals surface area (Å²) in [5.74, 6) is 0.672. The van der Waals surface area contributed by atoms with Crippen LogP contribution in [0.4, 0.5) is 5.69 Å². The van der Waals surface area contributed by atoms with Gasteiger partial charge in [-0.15, -0.1) is 0 Å². The van der Waals surface area contributed by atoms with Crippen LogP contribution in [0, 0.1) is 6.92 Å². The molecular formula is C16H16ClNO2. The Labute approximate surface area is 123 Å². The molecule has 0 atom stereocenters. The number of hydrogen-bond donors (Lipinski definition) is 1. The second-order valence-corrected chi connectivity index (χ2v) is 4.78. The average Bonchev–Trinajstić information content (AvgIpc) is 2.45. The number of para-hydroxylation sites is 1. The molecule has 0 aliphatic rings. The topological polar surface area (TPSA) is 38.3 Å². The molecule has 0 fully saturated rings. The first-order valence-corrected chi connectivity index (χ1v) is 6.77. The van der Waals surface area contributed by atoms with Gasteiger partial charge in [-0.2, -0.15) is 0 Å². The van der Waals surface area contributed by atoms with Crippen LogP contribution in [0.3, 0.4) is 0 Å². The number of rotatable bonds is 5. The molecular weight excluding hydrogens is 274 g/mol. The molecule has 2 aromatic rings. The Balaban J connectivity index is 1.82. The zero-order chi connectivity index (χ0) is 14.4. The Kier molecular flexibility index (Phi) is 5.02. The molecule has 104 valence electrons. The molecule has 0 spiro atoms. The number of carbonyl (C=O) groups is 1. The maximum Gasteiger partial charge on any atom is 0.227 e.